The maximum Gasteiger partial charge on any atom is 0.301 e. The summed E-state index contributed by atoms with van der Waals surface area (Å²) in [4.78, 5) is 29.0. The molecule has 4 aromatic rings. The Morgan fingerprint density at radius 1 is 1.10 bits per heavy atom. The third kappa shape index (κ3) is 7.04. The SMILES string of the molecule is CCOc1cc([C@H]2/C(=C(\O)c3ccc4c(c3)C[C@@H](C)O4)C(=O)C(=O)N2c2nnc(SCc3ccccc3Cl)s2)ccc1OCCC(C)C. The molecule has 48 heavy (non-hydrogen) atoms. The second-order valence-corrected chi connectivity index (χ2v) is 14.6. The van der Waals surface area contributed by atoms with Gasteiger partial charge in [-0.15, -0.1) is 10.2 Å². The standard InChI is InChI=1S/C36H36ClN3O6S2/c1-5-44-29-18-22(10-13-28(29)45-15-14-20(2)3)31-30(32(41)23-11-12-27-25(17-23)16-21(4)46-27)33(42)34(43)40(31)35-38-39-36(48-35)47-19-24-8-6-7-9-26(24)37/h6-13,17-18,20-21,31,41H,5,14-16,19H2,1-4H3/b32-30+/t21-,31+/m1/s1. The first-order chi connectivity index (χ1) is 23.1. The number of aromatic nitrogens is 2. The van der Waals surface area contributed by atoms with E-state index in [1.165, 1.54) is 28.0 Å². The van der Waals surface area contributed by atoms with Crippen molar-refractivity contribution < 1.29 is 28.9 Å². The van der Waals surface area contributed by atoms with Crippen molar-refractivity contribution in [2.75, 3.05) is 18.1 Å². The predicted molar refractivity (Wildman–Crippen MR) is 189 cm³/mol. The fourth-order valence-corrected chi connectivity index (χ4v) is 7.82. The number of aliphatic hydroxyl groups excluding tert-OH is 1. The van der Waals surface area contributed by atoms with Crippen LogP contribution in [0.25, 0.3) is 5.76 Å². The number of ketones is 1. The Hall–Kier alpha value is -4.06. The van der Waals surface area contributed by atoms with Crippen LogP contribution in [0.2, 0.25) is 5.02 Å². The summed E-state index contributed by atoms with van der Waals surface area (Å²) in [5, 5.41) is 21.3. The number of thioether (sulfide) groups is 1. The molecule has 3 heterocycles. The Bertz CT molecular complexity index is 1880. The van der Waals surface area contributed by atoms with Crippen molar-refractivity contribution in [2.45, 2.75) is 62.8 Å². The number of rotatable bonds is 12. The summed E-state index contributed by atoms with van der Waals surface area (Å²) in [6, 6.07) is 17.2. The number of ether oxygens (including phenoxy) is 3. The first kappa shape index (κ1) is 33.8. The fraction of sp³-hybridized carbons (Fsp3) is 0.333. The van der Waals surface area contributed by atoms with Gasteiger partial charge in [-0.2, -0.15) is 0 Å². The fourth-order valence-electron chi connectivity index (χ4n) is 5.67. The summed E-state index contributed by atoms with van der Waals surface area (Å²) in [6.45, 7) is 8.99. The summed E-state index contributed by atoms with van der Waals surface area (Å²) in [6.07, 6.45) is 1.54. The minimum Gasteiger partial charge on any atom is -0.507 e. The zero-order valence-electron chi connectivity index (χ0n) is 27.1. The molecule has 0 aliphatic carbocycles. The molecule has 9 nitrogen and oxygen atoms in total. The quantitative estimate of drug-likeness (QED) is 0.0512. The molecule has 0 radical (unpaired) electrons. The Kier molecular flexibility index (Phi) is 10.3. The van der Waals surface area contributed by atoms with Crippen LogP contribution in [0.15, 0.2) is 70.6 Å². The summed E-state index contributed by atoms with van der Waals surface area (Å²) in [7, 11) is 0. The number of aliphatic hydroxyl groups is 1. The highest BCUT2D eigenvalue weighted by molar-refractivity contribution is 8.00. The lowest BCUT2D eigenvalue weighted by Crippen LogP contribution is -2.29. The van der Waals surface area contributed by atoms with Gasteiger partial charge in [0, 0.05) is 22.8 Å². The molecular weight excluding hydrogens is 670 g/mol. The van der Waals surface area contributed by atoms with Gasteiger partial charge in [0.25, 0.3) is 5.78 Å². The molecule has 6 rings (SSSR count). The van der Waals surface area contributed by atoms with Crippen LogP contribution in [-0.4, -0.2) is 46.3 Å². The number of fused-ring (bicyclic) bond motifs is 1. The van der Waals surface area contributed by atoms with E-state index in [4.69, 9.17) is 25.8 Å². The summed E-state index contributed by atoms with van der Waals surface area (Å²) in [5.41, 5.74) is 2.77. The number of anilines is 1. The lowest BCUT2D eigenvalue weighted by molar-refractivity contribution is -0.132. The lowest BCUT2D eigenvalue weighted by Gasteiger charge is -2.24. The summed E-state index contributed by atoms with van der Waals surface area (Å²) in [5.74, 6) is 0.867. The van der Waals surface area contributed by atoms with Gasteiger partial charge in [-0.1, -0.05) is 72.8 Å². The van der Waals surface area contributed by atoms with E-state index >= 15 is 0 Å². The molecule has 250 valence electrons. The molecule has 1 fully saturated rings. The van der Waals surface area contributed by atoms with Gasteiger partial charge < -0.3 is 19.3 Å². The highest BCUT2D eigenvalue weighted by Gasteiger charge is 2.48. The maximum atomic E-state index is 13.9. The topological polar surface area (TPSA) is 111 Å². The molecule has 12 heteroatoms. The van der Waals surface area contributed by atoms with Gasteiger partial charge in [0.05, 0.1) is 24.8 Å². The number of carbonyl (C=O) groups is 2. The van der Waals surface area contributed by atoms with E-state index in [-0.39, 0.29) is 22.6 Å². The van der Waals surface area contributed by atoms with E-state index in [1.54, 1.807) is 30.3 Å². The van der Waals surface area contributed by atoms with Crippen LogP contribution >= 0.6 is 34.7 Å². The Balaban J connectivity index is 1.41. The van der Waals surface area contributed by atoms with E-state index in [9.17, 15) is 14.7 Å². The number of benzene rings is 3. The van der Waals surface area contributed by atoms with Crippen molar-refractivity contribution in [1.29, 1.82) is 0 Å². The predicted octanol–water partition coefficient (Wildman–Crippen LogP) is 8.26. The zero-order valence-corrected chi connectivity index (χ0v) is 29.5. The zero-order chi connectivity index (χ0) is 33.9. The smallest absolute Gasteiger partial charge is 0.301 e. The van der Waals surface area contributed by atoms with E-state index in [1.807, 2.05) is 44.2 Å². The van der Waals surface area contributed by atoms with Crippen LogP contribution in [0.5, 0.6) is 17.2 Å². The van der Waals surface area contributed by atoms with Crippen molar-refractivity contribution in [3.05, 3.63) is 93.5 Å². The lowest BCUT2D eigenvalue weighted by atomic mass is 9.94. The molecule has 0 saturated carbocycles. The average molecular weight is 706 g/mol. The van der Waals surface area contributed by atoms with Gasteiger partial charge >= 0.3 is 5.91 Å². The number of amides is 1. The summed E-state index contributed by atoms with van der Waals surface area (Å²) >= 11 is 8.97. The van der Waals surface area contributed by atoms with Crippen LogP contribution in [0.3, 0.4) is 0 Å². The molecular formula is C36H36ClN3O6S2. The molecule has 3 aromatic carbocycles. The monoisotopic (exact) mass is 705 g/mol. The number of carbonyl (C=O) groups excluding carboxylic acids is 2. The van der Waals surface area contributed by atoms with Crippen LogP contribution in [0.4, 0.5) is 5.13 Å². The third-order valence-corrected chi connectivity index (χ3v) is 10.5. The molecule has 0 bridgehead atoms. The van der Waals surface area contributed by atoms with Gasteiger partial charge in [0.1, 0.15) is 17.6 Å². The maximum absolute atomic E-state index is 13.9. The van der Waals surface area contributed by atoms with Crippen molar-refractivity contribution in [3.8, 4) is 17.2 Å². The Labute approximate surface area is 292 Å². The highest BCUT2D eigenvalue weighted by Crippen LogP contribution is 2.46. The van der Waals surface area contributed by atoms with E-state index < -0.39 is 17.7 Å². The Morgan fingerprint density at radius 3 is 2.69 bits per heavy atom. The molecule has 1 amide bonds. The molecule has 0 spiro atoms. The first-order valence-corrected chi connectivity index (χ1v) is 18.0. The normalized spacial score (nSPS) is 18.3. The molecule has 1 saturated heterocycles. The number of Topliss-reactive ketones (excluding diaryl/α,β-unsaturated/α-hetero) is 1. The van der Waals surface area contributed by atoms with Crippen molar-refractivity contribution in [3.63, 3.8) is 0 Å². The highest BCUT2D eigenvalue weighted by atomic mass is 35.5. The minimum atomic E-state index is -1.01. The second kappa shape index (κ2) is 14.6. The van der Waals surface area contributed by atoms with Crippen LogP contribution in [0.1, 0.15) is 62.4 Å². The van der Waals surface area contributed by atoms with Gasteiger partial charge in [0.2, 0.25) is 5.13 Å². The minimum absolute atomic E-state index is 0.00335. The third-order valence-electron chi connectivity index (χ3n) is 8.06. The van der Waals surface area contributed by atoms with Crippen LogP contribution < -0.4 is 19.1 Å². The largest absolute Gasteiger partial charge is 0.507 e. The second-order valence-electron chi connectivity index (χ2n) is 12.0. The van der Waals surface area contributed by atoms with Crippen molar-refractivity contribution in [2.24, 2.45) is 5.92 Å². The molecule has 1 aromatic heterocycles. The van der Waals surface area contributed by atoms with Crippen molar-refractivity contribution in [1.82, 2.24) is 10.2 Å². The first-order valence-electron chi connectivity index (χ1n) is 15.8. The van der Waals surface area contributed by atoms with Crippen molar-refractivity contribution >= 4 is 57.3 Å². The van der Waals surface area contributed by atoms with Gasteiger partial charge in [-0.25, -0.2) is 0 Å². The van der Waals surface area contributed by atoms with Crippen LogP contribution in [-0.2, 0) is 21.8 Å². The molecule has 0 unspecified atom stereocenters. The van der Waals surface area contributed by atoms with Gasteiger partial charge in [-0.3, -0.25) is 14.5 Å². The summed E-state index contributed by atoms with van der Waals surface area (Å²) < 4.78 is 18.5. The Morgan fingerprint density at radius 2 is 1.92 bits per heavy atom. The van der Waals surface area contributed by atoms with E-state index in [0.29, 0.717) is 63.3 Å². The molecule has 1 N–H and O–H groups in total. The molecule has 2 aliphatic heterocycles. The number of hydrogen-bond donors (Lipinski definition) is 1. The van der Waals surface area contributed by atoms with Gasteiger partial charge in [0.15, 0.2) is 15.8 Å². The van der Waals surface area contributed by atoms with E-state index in [0.717, 1.165) is 23.3 Å². The molecule has 2 atom stereocenters. The molecule has 2 aliphatic rings. The van der Waals surface area contributed by atoms with Crippen LogP contribution in [0, 0.1) is 5.92 Å². The average Bonchev–Trinajstić information content (AvgIpc) is 3.75. The number of nitrogens with zero attached hydrogens (tertiary/aromatic N) is 3. The number of halogens is 1. The van der Waals surface area contributed by atoms with E-state index in [2.05, 4.69) is 24.0 Å². The number of hydrogen-bond acceptors (Lipinski definition) is 10. The van der Waals surface area contributed by atoms with Gasteiger partial charge in [-0.05, 0) is 79.3 Å².